The Morgan fingerprint density at radius 3 is 2.55 bits per heavy atom. The highest BCUT2D eigenvalue weighted by molar-refractivity contribution is 5.95. The molecule has 196 valence electrons. The molecule has 38 heavy (non-hydrogen) atoms. The maximum atomic E-state index is 12.7. The van der Waals surface area contributed by atoms with Crippen LogP contribution in [0, 0.1) is 0 Å². The van der Waals surface area contributed by atoms with Gasteiger partial charge in [0, 0.05) is 43.3 Å². The molecule has 0 radical (unpaired) electrons. The lowest BCUT2D eigenvalue weighted by molar-refractivity contribution is 0.0303. The minimum absolute atomic E-state index is 0.0197. The van der Waals surface area contributed by atoms with Gasteiger partial charge in [-0.1, -0.05) is 18.2 Å². The van der Waals surface area contributed by atoms with E-state index in [1.165, 1.54) is 5.01 Å². The number of carbonyl (C=O) groups is 1. The maximum absolute atomic E-state index is 12.7. The van der Waals surface area contributed by atoms with Crippen molar-refractivity contribution in [1.82, 2.24) is 20.4 Å². The average molecular weight is 514 g/mol. The molecular formula is C28H31N7O3. The highest BCUT2D eigenvalue weighted by Gasteiger charge is 2.18. The number of nitrogens with one attached hydrogen (secondary N) is 2. The van der Waals surface area contributed by atoms with Gasteiger partial charge in [-0.25, -0.2) is 5.84 Å². The number of hydrazine groups is 1. The summed E-state index contributed by atoms with van der Waals surface area (Å²) in [6, 6.07) is 20.3. The normalized spacial score (nSPS) is 14.1. The second-order valence-corrected chi connectivity index (χ2v) is 9.17. The molecule has 1 aliphatic rings. The zero-order valence-electron chi connectivity index (χ0n) is 20.9. The van der Waals surface area contributed by atoms with Gasteiger partial charge in [0.25, 0.3) is 5.91 Å². The molecule has 5 rings (SSSR count). The number of H-pyrrole nitrogens is 1. The summed E-state index contributed by atoms with van der Waals surface area (Å²) in [6.45, 7) is 3.57. The van der Waals surface area contributed by atoms with Gasteiger partial charge in [-0.3, -0.25) is 14.9 Å². The number of ether oxygens (including phenoxy) is 1. The van der Waals surface area contributed by atoms with Crippen LogP contribution in [0.3, 0.4) is 0 Å². The van der Waals surface area contributed by atoms with Crippen molar-refractivity contribution >= 4 is 28.2 Å². The monoisotopic (exact) mass is 513 g/mol. The third-order valence-corrected chi connectivity index (χ3v) is 6.46. The summed E-state index contributed by atoms with van der Waals surface area (Å²) in [5.41, 5.74) is 11.6. The first-order chi connectivity index (χ1) is 18.5. The van der Waals surface area contributed by atoms with Crippen molar-refractivity contribution in [2.24, 2.45) is 11.6 Å². The lowest BCUT2D eigenvalue weighted by Gasteiger charge is -2.27. The topological polar surface area (TPSA) is 146 Å². The number of aromatic nitrogens is 2. The molecule has 0 unspecified atom stereocenters. The number of aromatic hydroxyl groups is 1. The molecule has 10 nitrogen and oxygen atoms in total. The number of nitrogens with two attached hydrogens (primary N) is 2. The molecule has 0 aliphatic carbocycles. The van der Waals surface area contributed by atoms with Crippen LogP contribution in [0.4, 0.5) is 5.69 Å². The van der Waals surface area contributed by atoms with E-state index in [4.69, 9.17) is 16.3 Å². The molecule has 0 spiro atoms. The Morgan fingerprint density at radius 2 is 1.82 bits per heavy atom. The minimum atomic E-state index is -0.0197. The summed E-state index contributed by atoms with van der Waals surface area (Å²) in [5.74, 6) is 6.51. The van der Waals surface area contributed by atoms with Crippen molar-refractivity contribution in [3.05, 3.63) is 95.3 Å². The lowest BCUT2D eigenvalue weighted by atomic mass is 10.1. The summed E-state index contributed by atoms with van der Waals surface area (Å²) >= 11 is 0. The molecule has 0 atom stereocenters. The highest BCUT2D eigenvalue weighted by atomic mass is 16.5. The van der Waals surface area contributed by atoms with Crippen LogP contribution in [0.15, 0.2) is 72.9 Å². The largest absolute Gasteiger partial charge is 0.508 e. The summed E-state index contributed by atoms with van der Waals surface area (Å²) in [5, 5.41) is 22.7. The number of benzene rings is 3. The number of aromatic amines is 1. The maximum Gasteiger partial charge on any atom is 0.254 e. The fourth-order valence-electron chi connectivity index (χ4n) is 4.42. The van der Waals surface area contributed by atoms with Crippen molar-refractivity contribution in [3.8, 4) is 5.75 Å². The summed E-state index contributed by atoms with van der Waals surface area (Å²) in [7, 11) is 0. The molecule has 0 saturated carbocycles. The van der Waals surface area contributed by atoms with Gasteiger partial charge in [-0.2, -0.15) is 5.10 Å². The Kier molecular flexibility index (Phi) is 7.55. The fourth-order valence-corrected chi connectivity index (χ4v) is 4.42. The van der Waals surface area contributed by atoms with Crippen LogP contribution in [0.1, 0.15) is 27.2 Å². The zero-order valence-corrected chi connectivity index (χ0v) is 20.9. The number of morpholine rings is 1. The molecule has 0 bridgehead atoms. The van der Waals surface area contributed by atoms with Gasteiger partial charge in [0.15, 0.2) is 0 Å². The van der Waals surface area contributed by atoms with Gasteiger partial charge in [0.2, 0.25) is 0 Å². The summed E-state index contributed by atoms with van der Waals surface area (Å²) in [4.78, 5) is 14.5. The Hall–Kier alpha value is -4.38. The number of rotatable bonds is 8. The first-order valence-corrected chi connectivity index (χ1v) is 12.4. The van der Waals surface area contributed by atoms with E-state index in [0.29, 0.717) is 62.0 Å². The van der Waals surface area contributed by atoms with Crippen molar-refractivity contribution in [2.45, 2.75) is 13.1 Å². The Morgan fingerprint density at radius 1 is 1.08 bits per heavy atom. The summed E-state index contributed by atoms with van der Waals surface area (Å²) < 4.78 is 5.32. The van der Waals surface area contributed by atoms with Crippen LogP contribution in [-0.2, 0) is 17.8 Å². The van der Waals surface area contributed by atoms with Crippen molar-refractivity contribution < 1.29 is 14.6 Å². The predicted molar refractivity (Wildman–Crippen MR) is 147 cm³/mol. The summed E-state index contributed by atoms with van der Waals surface area (Å²) in [6.07, 6.45) is 1.61. The Balaban J connectivity index is 1.26. The second-order valence-electron chi connectivity index (χ2n) is 9.17. The standard InChI is InChI=1S/C28H31N7O3/c29-25(18-35(30)22-7-5-21(6-8-22)28(37)34-10-12-38-13-11-34)27-24-15-20(4-9-26(24)32-33-27)17-31-16-19-2-1-3-23(36)14-19/h1-9,14-15,18,31,36H,10-13,16-17,29-30H2,(H,32,33)/b25-18-. The molecule has 1 amide bonds. The number of phenols is 1. The molecule has 10 heteroatoms. The molecule has 3 aromatic carbocycles. The van der Waals surface area contributed by atoms with Crippen LogP contribution in [0.2, 0.25) is 0 Å². The Bertz CT molecular complexity index is 1440. The molecule has 2 heterocycles. The quantitative estimate of drug-likeness (QED) is 0.179. The number of anilines is 1. The lowest BCUT2D eigenvalue weighted by Crippen LogP contribution is -2.40. The molecule has 1 aromatic heterocycles. The predicted octanol–water partition coefficient (Wildman–Crippen LogP) is 2.67. The zero-order chi connectivity index (χ0) is 26.5. The van der Waals surface area contributed by atoms with Gasteiger partial charge in [0.05, 0.1) is 30.1 Å². The van der Waals surface area contributed by atoms with E-state index in [1.807, 2.05) is 30.3 Å². The third-order valence-electron chi connectivity index (χ3n) is 6.46. The number of hydrogen-bond donors (Lipinski definition) is 5. The van der Waals surface area contributed by atoms with Crippen LogP contribution >= 0.6 is 0 Å². The first-order valence-electron chi connectivity index (χ1n) is 12.4. The van der Waals surface area contributed by atoms with E-state index in [0.717, 1.165) is 22.0 Å². The van der Waals surface area contributed by atoms with Gasteiger partial charge >= 0.3 is 0 Å². The number of fused-ring (bicyclic) bond motifs is 1. The van der Waals surface area contributed by atoms with Crippen molar-refractivity contribution in [1.29, 1.82) is 0 Å². The number of carbonyl (C=O) groups excluding carboxylic acids is 1. The van der Waals surface area contributed by atoms with E-state index in [2.05, 4.69) is 15.5 Å². The number of hydrogen-bond acceptors (Lipinski definition) is 8. The van der Waals surface area contributed by atoms with Crippen LogP contribution in [0.25, 0.3) is 16.6 Å². The average Bonchev–Trinajstić information content (AvgIpc) is 3.37. The fraction of sp³-hybridized carbons (Fsp3) is 0.214. The molecule has 1 aliphatic heterocycles. The highest BCUT2D eigenvalue weighted by Crippen LogP contribution is 2.23. The SMILES string of the molecule is N/C(=C\N(N)c1ccc(C(=O)N2CCOCC2)cc1)c1n[nH]c2ccc(CNCc3cccc(O)c3)cc12. The van der Waals surface area contributed by atoms with Gasteiger partial charge < -0.3 is 25.8 Å². The molecule has 1 fully saturated rings. The van der Waals surface area contributed by atoms with Gasteiger partial charge in [-0.15, -0.1) is 0 Å². The van der Waals surface area contributed by atoms with Crippen molar-refractivity contribution in [2.75, 3.05) is 31.3 Å². The van der Waals surface area contributed by atoms with Crippen LogP contribution in [-0.4, -0.2) is 52.4 Å². The molecule has 1 saturated heterocycles. The third kappa shape index (κ3) is 5.78. The number of nitrogens with zero attached hydrogens (tertiary/aromatic N) is 3. The first kappa shape index (κ1) is 25.3. The van der Waals surface area contributed by atoms with Gasteiger partial charge in [0.1, 0.15) is 11.4 Å². The smallest absolute Gasteiger partial charge is 0.254 e. The van der Waals surface area contributed by atoms with E-state index in [9.17, 15) is 9.90 Å². The Labute approximate surface area is 220 Å². The molecule has 7 N–H and O–H groups in total. The molecular weight excluding hydrogens is 482 g/mol. The van der Waals surface area contributed by atoms with Crippen molar-refractivity contribution in [3.63, 3.8) is 0 Å². The molecule has 4 aromatic rings. The van der Waals surface area contributed by atoms with Crippen LogP contribution in [0.5, 0.6) is 5.75 Å². The van der Waals surface area contributed by atoms with E-state index in [1.54, 1.807) is 47.5 Å². The second kappa shape index (κ2) is 11.3. The van der Waals surface area contributed by atoms with E-state index >= 15 is 0 Å². The van der Waals surface area contributed by atoms with E-state index in [-0.39, 0.29) is 11.7 Å². The van der Waals surface area contributed by atoms with Crippen LogP contribution < -0.4 is 21.9 Å². The number of amides is 1. The number of phenolic OH excluding ortho intramolecular Hbond substituents is 1. The van der Waals surface area contributed by atoms with Gasteiger partial charge in [-0.05, 0) is 59.7 Å². The van der Waals surface area contributed by atoms with E-state index < -0.39 is 0 Å². The minimum Gasteiger partial charge on any atom is -0.508 e.